The Hall–Kier alpha value is -2.04. The number of aliphatic carboxylic acids is 1. The third-order valence-electron chi connectivity index (χ3n) is 3.65. The number of hydrogen-bond donors (Lipinski definition) is 0. The van der Waals surface area contributed by atoms with Crippen molar-refractivity contribution in [3.8, 4) is 0 Å². The summed E-state index contributed by atoms with van der Waals surface area (Å²) >= 11 is 0. The van der Waals surface area contributed by atoms with Gasteiger partial charge >= 0.3 is 6.09 Å². The summed E-state index contributed by atoms with van der Waals surface area (Å²) in [6.07, 6.45) is 0.553. The van der Waals surface area contributed by atoms with Crippen molar-refractivity contribution < 1.29 is 19.4 Å². The molecule has 0 unspecified atom stereocenters. The lowest BCUT2D eigenvalue weighted by Gasteiger charge is -2.28. The van der Waals surface area contributed by atoms with Gasteiger partial charge in [0, 0.05) is 6.54 Å². The van der Waals surface area contributed by atoms with Crippen LogP contribution in [0.25, 0.3) is 0 Å². The molecule has 0 aromatic heterocycles. The van der Waals surface area contributed by atoms with Crippen molar-refractivity contribution in [2.45, 2.75) is 45.3 Å². The van der Waals surface area contributed by atoms with Crippen LogP contribution in [0.1, 0.15) is 32.8 Å². The van der Waals surface area contributed by atoms with Crippen LogP contribution in [0.3, 0.4) is 0 Å². The fourth-order valence-electron chi connectivity index (χ4n) is 2.76. The molecule has 22 heavy (non-hydrogen) atoms. The molecule has 0 radical (unpaired) electrons. The fourth-order valence-corrected chi connectivity index (χ4v) is 2.76. The van der Waals surface area contributed by atoms with Gasteiger partial charge in [-0.05, 0) is 45.1 Å². The highest BCUT2D eigenvalue weighted by Crippen LogP contribution is 2.27. The Kier molecular flexibility index (Phi) is 4.74. The number of carbonyl (C=O) groups excluding carboxylic acids is 2. The van der Waals surface area contributed by atoms with Crippen molar-refractivity contribution in [2.24, 2.45) is 5.92 Å². The monoisotopic (exact) mass is 304 g/mol. The van der Waals surface area contributed by atoms with Gasteiger partial charge in [-0.25, -0.2) is 4.79 Å². The van der Waals surface area contributed by atoms with E-state index in [0.29, 0.717) is 13.0 Å². The van der Waals surface area contributed by atoms with E-state index in [4.69, 9.17) is 4.74 Å². The highest BCUT2D eigenvalue weighted by atomic mass is 16.6. The number of carbonyl (C=O) groups is 2. The molecule has 2 rings (SSSR count). The Labute approximate surface area is 130 Å². The average Bonchev–Trinajstić information content (AvgIpc) is 2.82. The Bertz CT molecular complexity index is 535. The minimum absolute atomic E-state index is 0.0952. The van der Waals surface area contributed by atoms with Gasteiger partial charge < -0.3 is 14.6 Å². The zero-order valence-corrected chi connectivity index (χ0v) is 13.2. The fraction of sp³-hybridized carbons (Fsp3) is 0.529. The van der Waals surface area contributed by atoms with E-state index in [1.807, 2.05) is 30.3 Å². The molecule has 120 valence electrons. The van der Waals surface area contributed by atoms with E-state index in [1.54, 1.807) is 20.8 Å². The van der Waals surface area contributed by atoms with Crippen molar-refractivity contribution in [1.82, 2.24) is 4.90 Å². The number of ether oxygens (including phenoxy) is 1. The van der Waals surface area contributed by atoms with Gasteiger partial charge in [0.1, 0.15) is 5.60 Å². The van der Waals surface area contributed by atoms with Crippen LogP contribution in [0.5, 0.6) is 0 Å². The van der Waals surface area contributed by atoms with Crippen molar-refractivity contribution in [3.63, 3.8) is 0 Å². The van der Waals surface area contributed by atoms with Gasteiger partial charge in [0.05, 0.1) is 12.0 Å². The smallest absolute Gasteiger partial charge is 0.410 e. The van der Waals surface area contributed by atoms with E-state index >= 15 is 0 Å². The maximum atomic E-state index is 12.2. The third kappa shape index (κ3) is 4.23. The van der Waals surface area contributed by atoms with E-state index in [1.165, 1.54) is 4.90 Å². The lowest BCUT2D eigenvalue weighted by Crippen LogP contribution is -2.48. The zero-order valence-electron chi connectivity index (χ0n) is 13.2. The SMILES string of the molecule is CC(C)(C)OC(=O)N1C[C@@H](Cc2ccccc2)C[C@@H]1C(=O)[O-]. The molecule has 5 nitrogen and oxygen atoms in total. The summed E-state index contributed by atoms with van der Waals surface area (Å²) in [5, 5.41) is 11.3. The van der Waals surface area contributed by atoms with Crippen LogP contribution >= 0.6 is 0 Å². The van der Waals surface area contributed by atoms with Gasteiger partial charge in [0.25, 0.3) is 0 Å². The highest BCUT2D eigenvalue weighted by Gasteiger charge is 2.38. The normalized spacial score (nSPS) is 21.7. The second-order valence-electron chi connectivity index (χ2n) is 6.76. The predicted octanol–water partition coefficient (Wildman–Crippen LogP) is 1.60. The Balaban J connectivity index is 2.06. The number of hydrogen-bond acceptors (Lipinski definition) is 4. The molecule has 0 saturated carbocycles. The van der Waals surface area contributed by atoms with Gasteiger partial charge in [-0.15, -0.1) is 0 Å². The Morgan fingerprint density at radius 3 is 2.45 bits per heavy atom. The lowest BCUT2D eigenvalue weighted by molar-refractivity contribution is -0.310. The zero-order chi connectivity index (χ0) is 16.3. The van der Waals surface area contributed by atoms with Crippen LogP contribution in [0.4, 0.5) is 4.79 Å². The number of amides is 1. The molecule has 1 aliphatic rings. The van der Waals surface area contributed by atoms with Crippen LogP contribution < -0.4 is 5.11 Å². The van der Waals surface area contributed by atoms with E-state index in [0.717, 1.165) is 12.0 Å². The number of likely N-dealkylation sites (tertiary alicyclic amines) is 1. The summed E-state index contributed by atoms with van der Waals surface area (Å²) in [4.78, 5) is 24.8. The summed E-state index contributed by atoms with van der Waals surface area (Å²) in [6.45, 7) is 5.66. The van der Waals surface area contributed by atoms with E-state index in [-0.39, 0.29) is 5.92 Å². The molecule has 0 aliphatic carbocycles. The molecule has 1 aromatic carbocycles. The van der Waals surface area contributed by atoms with E-state index in [9.17, 15) is 14.7 Å². The van der Waals surface area contributed by atoms with Gasteiger partial charge in [0.2, 0.25) is 0 Å². The minimum atomic E-state index is -1.22. The maximum Gasteiger partial charge on any atom is 0.410 e. The topological polar surface area (TPSA) is 69.7 Å². The van der Waals surface area contributed by atoms with Gasteiger partial charge in [-0.3, -0.25) is 4.90 Å². The van der Waals surface area contributed by atoms with E-state index < -0.39 is 23.7 Å². The summed E-state index contributed by atoms with van der Waals surface area (Å²) in [5.74, 6) is -1.13. The molecule has 5 heteroatoms. The molecule has 0 spiro atoms. The molecular formula is C17H22NO4-. The number of rotatable bonds is 3. The Morgan fingerprint density at radius 2 is 1.91 bits per heavy atom. The van der Waals surface area contributed by atoms with Crippen LogP contribution in [0, 0.1) is 5.92 Å². The van der Waals surface area contributed by atoms with E-state index in [2.05, 4.69) is 0 Å². The first-order chi connectivity index (χ1) is 10.3. The lowest BCUT2D eigenvalue weighted by atomic mass is 9.97. The number of benzene rings is 1. The van der Waals surface area contributed by atoms with Crippen LogP contribution in [-0.2, 0) is 16.0 Å². The molecule has 0 bridgehead atoms. The largest absolute Gasteiger partial charge is 0.548 e. The molecule has 1 aromatic rings. The van der Waals surface area contributed by atoms with Crippen LogP contribution in [0.2, 0.25) is 0 Å². The Morgan fingerprint density at radius 1 is 1.27 bits per heavy atom. The minimum Gasteiger partial charge on any atom is -0.548 e. The molecule has 1 fully saturated rings. The van der Waals surface area contributed by atoms with Crippen molar-refractivity contribution in [1.29, 1.82) is 0 Å². The first kappa shape index (κ1) is 16.3. The predicted molar refractivity (Wildman–Crippen MR) is 80.0 cm³/mol. The van der Waals surface area contributed by atoms with Gasteiger partial charge in [-0.2, -0.15) is 0 Å². The van der Waals surface area contributed by atoms with Gasteiger partial charge in [-0.1, -0.05) is 30.3 Å². The summed E-state index contributed by atoms with van der Waals surface area (Å²) in [5.41, 5.74) is 0.487. The molecule has 1 amide bonds. The van der Waals surface area contributed by atoms with Crippen molar-refractivity contribution >= 4 is 12.1 Å². The second-order valence-corrected chi connectivity index (χ2v) is 6.76. The standard InChI is InChI=1S/C17H23NO4/c1-17(2,3)22-16(21)18-11-13(10-14(18)15(19)20)9-12-7-5-4-6-8-12/h4-8,13-14H,9-11H2,1-3H3,(H,19,20)/p-1/t13-,14+/m0/s1. The maximum absolute atomic E-state index is 12.2. The molecule has 1 heterocycles. The van der Waals surface area contributed by atoms with Crippen molar-refractivity contribution in [3.05, 3.63) is 35.9 Å². The molecule has 2 atom stereocenters. The second kappa shape index (κ2) is 6.38. The first-order valence-electron chi connectivity index (χ1n) is 7.50. The average molecular weight is 304 g/mol. The molecule has 0 N–H and O–H groups in total. The number of carboxylic acids is 1. The van der Waals surface area contributed by atoms with Crippen LogP contribution in [-0.4, -0.2) is 35.2 Å². The molecule has 1 aliphatic heterocycles. The van der Waals surface area contributed by atoms with Crippen LogP contribution in [0.15, 0.2) is 30.3 Å². The van der Waals surface area contributed by atoms with Gasteiger partial charge in [0.15, 0.2) is 0 Å². The number of carboxylic acid groups (broad SMARTS) is 1. The number of nitrogens with zero attached hydrogens (tertiary/aromatic N) is 1. The quantitative estimate of drug-likeness (QED) is 0.850. The molecular weight excluding hydrogens is 282 g/mol. The summed E-state index contributed by atoms with van der Waals surface area (Å²) in [7, 11) is 0. The summed E-state index contributed by atoms with van der Waals surface area (Å²) < 4.78 is 5.30. The summed E-state index contributed by atoms with van der Waals surface area (Å²) in [6, 6.07) is 8.94. The van der Waals surface area contributed by atoms with Crippen molar-refractivity contribution in [2.75, 3.05) is 6.54 Å². The highest BCUT2D eigenvalue weighted by molar-refractivity contribution is 5.79. The molecule has 1 saturated heterocycles. The third-order valence-corrected chi connectivity index (χ3v) is 3.65. The first-order valence-corrected chi connectivity index (χ1v) is 7.50.